The van der Waals surface area contributed by atoms with Gasteiger partial charge in [-0.05, 0) is 31.4 Å². The van der Waals surface area contributed by atoms with Crippen LogP contribution in [0.3, 0.4) is 0 Å². The lowest BCUT2D eigenvalue weighted by Crippen LogP contribution is -2.53. The number of piperidine rings is 1. The summed E-state index contributed by atoms with van der Waals surface area (Å²) in [6, 6.07) is 8.63. The average molecular weight is 340 g/mol. The van der Waals surface area contributed by atoms with Crippen LogP contribution in [0.15, 0.2) is 30.5 Å². The van der Waals surface area contributed by atoms with Gasteiger partial charge in [-0.1, -0.05) is 12.1 Å². The van der Waals surface area contributed by atoms with Gasteiger partial charge in [0.25, 0.3) is 5.91 Å². The summed E-state index contributed by atoms with van der Waals surface area (Å²) in [5.74, 6) is 0.0119. The van der Waals surface area contributed by atoms with Crippen molar-refractivity contribution in [2.75, 3.05) is 30.0 Å². The number of aromatic nitrogens is 2. The number of benzene rings is 1. The van der Waals surface area contributed by atoms with Gasteiger partial charge >= 0.3 is 0 Å². The summed E-state index contributed by atoms with van der Waals surface area (Å²) < 4.78 is 6.90. The quantitative estimate of drug-likeness (QED) is 0.862. The summed E-state index contributed by atoms with van der Waals surface area (Å²) in [6.07, 6.45) is 5.38. The number of amides is 1. The molecule has 2 aromatic rings. The SMILES string of the molecule is COCc1nn(C)cc1C(=O)N1CC2CCCCN2c2ccccc21. The van der Waals surface area contributed by atoms with Gasteiger partial charge in [-0.3, -0.25) is 9.48 Å². The maximum Gasteiger partial charge on any atom is 0.261 e. The van der Waals surface area contributed by atoms with Crippen molar-refractivity contribution in [3.05, 3.63) is 41.7 Å². The van der Waals surface area contributed by atoms with Crippen molar-refractivity contribution in [2.24, 2.45) is 7.05 Å². The van der Waals surface area contributed by atoms with Gasteiger partial charge in [-0.25, -0.2) is 0 Å². The Morgan fingerprint density at radius 3 is 2.88 bits per heavy atom. The molecule has 0 N–H and O–H groups in total. The lowest BCUT2D eigenvalue weighted by Gasteiger charge is -2.46. The van der Waals surface area contributed by atoms with E-state index in [0.717, 1.165) is 25.2 Å². The van der Waals surface area contributed by atoms with Gasteiger partial charge in [0.1, 0.15) is 5.69 Å². The van der Waals surface area contributed by atoms with Gasteiger partial charge in [-0.2, -0.15) is 5.10 Å². The Bertz CT molecular complexity index is 785. The van der Waals surface area contributed by atoms with E-state index in [2.05, 4.69) is 22.1 Å². The second-order valence-electron chi connectivity index (χ2n) is 6.84. The predicted molar refractivity (Wildman–Crippen MR) is 97.0 cm³/mol. The summed E-state index contributed by atoms with van der Waals surface area (Å²) in [4.78, 5) is 17.7. The second-order valence-corrected chi connectivity index (χ2v) is 6.84. The molecule has 6 nitrogen and oxygen atoms in total. The van der Waals surface area contributed by atoms with Crippen LogP contribution in [0.5, 0.6) is 0 Å². The van der Waals surface area contributed by atoms with Gasteiger partial charge in [0.05, 0.1) is 23.5 Å². The molecule has 0 bridgehead atoms. The van der Waals surface area contributed by atoms with E-state index in [9.17, 15) is 4.79 Å². The number of para-hydroxylation sites is 2. The molecular weight excluding hydrogens is 316 g/mol. The van der Waals surface area contributed by atoms with Crippen LogP contribution in [0.2, 0.25) is 0 Å². The standard InChI is InChI=1S/C19H24N4O2/c1-21-12-15(16(20-21)13-25-2)19(24)23-11-14-7-5-6-10-22(14)17-8-3-4-9-18(17)23/h3-4,8-9,12,14H,5-7,10-11,13H2,1-2H3. The second kappa shape index (κ2) is 6.52. The molecule has 1 saturated heterocycles. The third kappa shape index (κ3) is 2.80. The molecule has 2 aliphatic rings. The maximum atomic E-state index is 13.3. The first-order chi connectivity index (χ1) is 12.2. The summed E-state index contributed by atoms with van der Waals surface area (Å²) in [5.41, 5.74) is 3.49. The molecule has 0 spiro atoms. The molecule has 1 fully saturated rings. The third-order valence-corrected chi connectivity index (χ3v) is 5.16. The zero-order valence-electron chi connectivity index (χ0n) is 14.8. The van der Waals surface area contributed by atoms with Crippen molar-refractivity contribution in [3.8, 4) is 0 Å². The van der Waals surface area contributed by atoms with E-state index in [1.54, 1.807) is 18.0 Å². The van der Waals surface area contributed by atoms with Crippen LogP contribution in [-0.4, -0.2) is 41.9 Å². The third-order valence-electron chi connectivity index (χ3n) is 5.16. The van der Waals surface area contributed by atoms with Crippen LogP contribution >= 0.6 is 0 Å². The average Bonchev–Trinajstić information content (AvgIpc) is 3.01. The number of hydrogen-bond acceptors (Lipinski definition) is 4. The minimum Gasteiger partial charge on any atom is -0.378 e. The van der Waals surface area contributed by atoms with E-state index in [-0.39, 0.29) is 5.91 Å². The number of methoxy groups -OCH3 is 1. The van der Waals surface area contributed by atoms with Crippen molar-refractivity contribution in [1.29, 1.82) is 0 Å². The van der Waals surface area contributed by atoms with Crippen molar-refractivity contribution < 1.29 is 9.53 Å². The maximum absolute atomic E-state index is 13.3. The van der Waals surface area contributed by atoms with Crippen molar-refractivity contribution >= 4 is 17.3 Å². The zero-order chi connectivity index (χ0) is 17.4. The number of anilines is 2. The topological polar surface area (TPSA) is 50.6 Å². The summed E-state index contributed by atoms with van der Waals surface area (Å²) in [6.45, 7) is 2.15. The number of aryl methyl sites for hydroxylation is 1. The Labute approximate surface area is 148 Å². The highest BCUT2D eigenvalue weighted by Gasteiger charge is 2.36. The molecule has 1 amide bonds. The fourth-order valence-corrected chi connectivity index (χ4v) is 4.05. The van der Waals surface area contributed by atoms with Crippen LogP contribution in [0, 0.1) is 0 Å². The highest BCUT2D eigenvalue weighted by molar-refractivity contribution is 6.09. The van der Waals surface area contributed by atoms with E-state index >= 15 is 0 Å². The van der Waals surface area contributed by atoms with E-state index in [1.807, 2.05) is 24.1 Å². The Morgan fingerprint density at radius 2 is 2.08 bits per heavy atom. The molecule has 1 aromatic carbocycles. The minimum absolute atomic E-state index is 0.0119. The highest BCUT2D eigenvalue weighted by atomic mass is 16.5. The van der Waals surface area contributed by atoms with Gasteiger partial charge in [0, 0.05) is 39.5 Å². The number of rotatable bonds is 3. The molecule has 6 heteroatoms. The van der Waals surface area contributed by atoms with E-state index in [1.165, 1.54) is 18.5 Å². The molecule has 4 rings (SSSR count). The first-order valence-corrected chi connectivity index (χ1v) is 8.88. The molecule has 1 unspecified atom stereocenters. The molecule has 3 heterocycles. The van der Waals surface area contributed by atoms with Crippen molar-refractivity contribution in [2.45, 2.75) is 31.9 Å². The molecule has 1 atom stereocenters. The summed E-state index contributed by atoms with van der Waals surface area (Å²) in [5, 5.41) is 4.39. The summed E-state index contributed by atoms with van der Waals surface area (Å²) >= 11 is 0. The number of ether oxygens (including phenoxy) is 1. The Balaban J connectivity index is 1.73. The Morgan fingerprint density at radius 1 is 1.28 bits per heavy atom. The number of fused-ring (bicyclic) bond motifs is 3. The fourth-order valence-electron chi connectivity index (χ4n) is 4.05. The molecule has 0 radical (unpaired) electrons. The van der Waals surface area contributed by atoms with E-state index < -0.39 is 0 Å². The van der Waals surface area contributed by atoms with E-state index in [4.69, 9.17) is 4.74 Å². The lowest BCUT2D eigenvalue weighted by atomic mass is 9.96. The molecular formula is C19H24N4O2. The van der Waals surface area contributed by atoms with Crippen LogP contribution < -0.4 is 9.80 Å². The van der Waals surface area contributed by atoms with Crippen LogP contribution in [0.25, 0.3) is 0 Å². The monoisotopic (exact) mass is 340 g/mol. The highest BCUT2D eigenvalue weighted by Crippen LogP contribution is 2.39. The number of carbonyl (C=O) groups is 1. The largest absolute Gasteiger partial charge is 0.378 e. The zero-order valence-corrected chi connectivity index (χ0v) is 14.8. The number of nitrogens with zero attached hydrogens (tertiary/aromatic N) is 4. The molecule has 2 aliphatic heterocycles. The lowest BCUT2D eigenvalue weighted by molar-refractivity contribution is 0.0977. The number of hydrogen-bond donors (Lipinski definition) is 0. The smallest absolute Gasteiger partial charge is 0.261 e. The van der Waals surface area contributed by atoms with Crippen molar-refractivity contribution in [1.82, 2.24) is 9.78 Å². The Kier molecular flexibility index (Phi) is 4.21. The van der Waals surface area contributed by atoms with Gasteiger partial charge in [0.2, 0.25) is 0 Å². The minimum atomic E-state index is 0.0119. The summed E-state index contributed by atoms with van der Waals surface area (Å²) in [7, 11) is 3.46. The number of carbonyl (C=O) groups excluding carboxylic acids is 1. The molecule has 1 aromatic heterocycles. The predicted octanol–water partition coefficient (Wildman–Crippen LogP) is 2.59. The van der Waals surface area contributed by atoms with Gasteiger partial charge < -0.3 is 14.5 Å². The van der Waals surface area contributed by atoms with Gasteiger partial charge in [0.15, 0.2) is 0 Å². The van der Waals surface area contributed by atoms with E-state index in [0.29, 0.717) is 23.9 Å². The first-order valence-electron chi connectivity index (χ1n) is 8.88. The van der Waals surface area contributed by atoms with Crippen LogP contribution in [-0.2, 0) is 18.4 Å². The molecule has 25 heavy (non-hydrogen) atoms. The molecule has 132 valence electrons. The molecule has 0 aliphatic carbocycles. The Hall–Kier alpha value is -2.34. The molecule has 0 saturated carbocycles. The van der Waals surface area contributed by atoms with Crippen LogP contribution in [0.4, 0.5) is 11.4 Å². The van der Waals surface area contributed by atoms with Gasteiger partial charge in [-0.15, -0.1) is 0 Å². The normalized spacial score (nSPS) is 19.5. The van der Waals surface area contributed by atoms with Crippen LogP contribution in [0.1, 0.15) is 35.3 Å². The van der Waals surface area contributed by atoms with Crippen molar-refractivity contribution in [3.63, 3.8) is 0 Å². The fraction of sp³-hybridized carbons (Fsp3) is 0.474. The first kappa shape index (κ1) is 16.1.